The van der Waals surface area contributed by atoms with Crippen molar-refractivity contribution in [3.8, 4) is 0 Å². The molecule has 0 bridgehead atoms. The van der Waals surface area contributed by atoms with Crippen molar-refractivity contribution in [3.05, 3.63) is 57.8 Å². The van der Waals surface area contributed by atoms with E-state index < -0.39 is 10.0 Å². The van der Waals surface area contributed by atoms with Crippen LogP contribution in [0.5, 0.6) is 0 Å². The summed E-state index contributed by atoms with van der Waals surface area (Å²) in [6.45, 7) is 5.73. The van der Waals surface area contributed by atoms with E-state index in [1.165, 1.54) is 0 Å². The zero-order valence-electron chi connectivity index (χ0n) is 15.4. The molecule has 2 aliphatic heterocycles. The summed E-state index contributed by atoms with van der Waals surface area (Å²) >= 11 is 0. The Morgan fingerprint density at radius 1 is 1.15 bits per heavy atom. The van der Waals surface area contributed by atoms with Gasteiger partial charge in [0.15, 0.2) is 5.84 Å². The summed E-state index contributed by atoms with van der Waals surface area (Å²) in [5, 5.41) is 0. The molecule has 142 valence electrons. The lowest BCUT2D eigenvalue weighted by Crippen LogP contribution is -2.40. The molecule has 0 saturated carbocycles. The molecule has 3 heterocycles. The van der Waals surface area contributed by atoms with Crippen LogP contribution in [0.25, 0.3) is 0 Å². The Balaban J connectivity index is 1.48. The molecule has 0 radical (unpaired) electrons. The number of hydrogen-bond acceptors (Lipinski definition) is 5. The fraction of sp³-hybridized carbons (Fsp3) is 0.421. The monoisotopic (exact) mass is 386 g/mol. The van der Waals surface area contributed by atoms with Crippen LogP contribution in [-0.2, 0) is 16.6 Å². The van der Waals surface area contributed by atoms with Crippen LogP contribution >= 0.6 is 0 Å². The van der Waals surface area contributed by atoms with Crippen LogP contribution in [0.2, 0.25) is 0 Å². The van der Waals surface area contributed by atoms with Gasteiger partial charge < -0.3 is 4.90 Å². The molecule has 0 aliphatic carbocycles. The van der Waals surface area contributed by atoms with Crippen molar-refractivity contribution in [3.63, 3.8) is 0 Å². The Morgan fingerprint density at radius 2 is 1.85 bits per heavy atom. The van der Waals surface area contributed by atoms with E-state index in [9.17, 15) is 13.2 Å². The van der Waals surface area contributed by atoms with Gasteiger partial charge in [-0.3, -0.25) is 9.36 Å². The average molecular weight is 386 g/mol. The summed E-state index contributed by atoms with van der Waals surface area (Å²) in [5.74, 6) is 0.908. The van der Waals surface area contributed by atoms with E-state index >= 15 is 0 Å². The van der Waals surface area contributed by atoms with Gasteiger partial charge in [-0.25, -0.2) is 4.98 Å². The molecule has 0 N–H and O–H groups in total. The van der Waals surface area contributed by atoms with Crippen molar-refractivity contribution in [1.82, 2.24) is 14.5 Å². The number of nitrogens with zero attached hydrogens (tertiary/aromatic N) is 4. The molecule has 8 heteroatoms. The number of rotatable bonds is 2. The first-order valence-corrected chi connectivity index (χ1v) is 10.5. The van der Waals surface area contributed by atoms with E-state index in [1.54, 1.807) is 30.0 Å². The van der Waals surface area contributed by atoms with Crippen molar-refractivity contribution in [1.29, 1.82) is 0 Å². The number of aryl methyl sites for hydroxylation is 1. The predicted molar refractivity (Wildman–Crippen MR) is 102 cm³/mol. The van der Waals surface area contributed by atoms with E-state index in [1.807, 2.05) is 24.0 Å². The molecular formula is C19H22N4O3S. The Labute approximate surface area is 158 Å². The number of hydrogen-bond donors (Lipinski definition) is 0. The lowest BCUT2D eigenvalue weighted by molar-refractivity contribution is 0.244. The fourth-order valence-electron chi connectivity index (χ4n) is 3.73. The molecule has 0 amide bonds. The van der Waals surface area contributed by atoms with Gasteiger partial charge in [-0.2, -0.15) is 8.42 Å². The van der Waals surface area contributed by atoms with Gasteiger partial charge >= 0.3 is 0 Å². The highest BCUT2D eigenvalue weighted by Gasteiger charge is 2.33. The summed E-state index contributed by atoms with van der Waals surface area (Å²) in [5.41, 5.74) is 2.16. The van der Waals surface area contributed by atoms with E-state index in [4.69, 9.17) is 0 Å². The van der Waals surface area contributed by atoms with Crippen molar-refractivity contribution in [2.24, 2.45) is 10.3 Å². The average Bonchev–Trinajstić information content (AvgIpc) is 2.94. The number of benzene rings is 1. The van der Waals surface area contributed by atoms with E-state index in [2.05, 4.69) is 9.38 Å². The Kier molecular flexibility index (Phi) is 4.38. The number of aromatic nitrogens is 2. The maximum Gasteiger partial charge on any atom is 0.285 e. The van der Waals surface area contributed by atoms with Gasteiger partial charge in [-0.15, -0.1) is 4.40 Å². The van der Waals surface area contributed by atoms with Crippen molar-refractivity contribution in [2.75, 3.05) is 13.1 Å². The maximum atomic E-state index is 12.4. The number of fused-ring (bicyclic) bond motifs is 1. The number of amidine groups is 1. The van der Waals surface area contributed by atoms with Gasteiger partial charge in [0.25, 0.3) is 15.6 Å². The Bertz CT molecular complexity index is 1080. The smallest absolute Gasteiger partial charge is 0.285 e. The standard InChI is InChI=1S/C19H22N4O3S/c1-13-14(2)20-12-23(19(13)24)11-15-7-9-22(10-8-15)18-16-5-3-4-6-17(16)27(25,26)21-18/h3-6,12,15H,7-11H2,1-2H3. The van der Waals surface area contributed by atoms with Gasteiger partial charge in [0.2, 0.25) is 0 Å². The molecule has 0 unspecified atom stereocenters. The summed E-state index contributed by atoms with van der Waals surface area (Å²) in [6, 6.07) is 6.97. The third-order valence-electron chi connectivity index (χ3n) is 5.50. The first-order valence-electron chi connectivity index (χ1n) is 9.09. The first-order chi connectivity index (χ1) is 12.9. The fourth-order valence-corrected chi connectivity index (χ4v) is 4.96. The molecule has 1 saturated heterocycles. The van der Waals surface area contributed by atoms with Crippen LogP contribution in [0.4, 0.5) is 0 Å². The van der Waals surface area contributed by atoms with Crippen LogP contribution in [0.15, 0.2) is 44.7 Å². The van der Waals surface area contributed by atoms with E-state index in [0.717, 1.165) is 31.6 Å². The van der Waals surface area contributed by atoms with Crippen LogP contribution in [0, 0.1) is 19.8 Å². The number of sulfonamides is 1. The molecule has 7 nitrogen and oxygen atoms in total. The zero-order valence-corrected chi connectivity index (χ0v) is 16.2. The summed E-state index contributed by atoms with van der Waals surface area (Å²) < 4.78 is 30.2. The van der Waals surface area contributed by atoms with Crippen molar-refractivity contribution in [2.45, 2.75) is 38.1 Å². The molecule has 1 aromatic carbocycles. The Morgan fingerprint density at radius 3 is 2.59 bits per heavy atom. The highest BCUT2D eigenvalue weighted by atomic mass is 32.2. The molecule has 0 spiro atoms. The van der Waals surface area contributed by atoms with Gasteiger partial charge in [0.1, 0.15) is 4.90 Å². The summed E-state index contributed by atoms with van der Waals surface area (Å²) in [6.07, 6.45) is 3.38. The third-order valence-corrected chi connectivity index (χ3v) is 6.82. The molecule has 2 aromatic rings. The second-order valence-electron chi connectivity index (χ2n) is 7.23. The highest BCUT2D eigenvalue weighted by Crippen LogP contribution is 2.29. The minimum atomic E-state index is -3.59. The largest absolute Gasteiger partial charge is 0.355 e. The zero-order chi connectivity index (χ0) is 19.2. The van der Waals surface area contributed by atoms with Gasteiger partial charge in [0, 0.05) is 36.5 Å². The van der Waals surface area contributed by atoms with Gasteiger partial charge in [-0.05, 0) is 44.7 Å². The van der Waals surface area contributed by atoms with Crippen LogP contribution in [0.3, 0.4) is 0 Å². The summed E-state index contributed by atoms with van der Waals surface area (Å²) in [7, 11) is -3.59. The molecule has 2 aliphatic rings. The normalized spacial score (nSPS) is 19.0. The lowest BCUT2D eigenvalue weighted by atomic mass is 9.96. The van der Waals surface area contributed by atoms with Crippen molar-refractivity contribution >= 4 is 15.9 Å². The van der Waals surface area contributed by atoms with Crippen LogP contribution in [0.1, 0.15) is 29.7 Å². The maximum absolute atomic E-state index is 12.4. The predicted octanol–water partition coefficient (Wildman–Crippen LogP) is 1.72. The lowest BCUT2D eigenvalue weighted by Gasteiger charge is -2.33. The number of likely N-dealkylation sites (tertiary alicyclic amines) is 1. The molecule has 1 aromatic heterocycles. The van der Waals surface area contributed by atoms with Crippen LogP contribution < -0.4 is 5.56 Å². The first kappa shape index (κ1) is 17.9. The number of piperidine rings is 1. The van der Waals surface area contributed by atoms with Gasteiger partial charge in [-0.1, -0.05) is 12.1 Å². The van der Waals surface area contributed by atoms with Crippen LogP contribution in [-0.4, -0.2) is 41.8 Å². The minimum Gasteiger partial charge on any atom is -0.355 e. The molecule has 0 atom stereocenters. The topological polar surface area (TPSA) is 84.6 Å². The van der Waals surface area contributed by atoms with E-state index in [0.29, 0.717) is 29.4 Å². The second kappa shape index (κ2) is 6.60. The minimum absolute atomic E-state index is 0.0186. The third kappa shape index (κ3) is 3.18. The molecule has 27 heavy (non-hydrogen) atoms. The molecule has 4 rings (SSSR count). The van der Waals surface area contributed by atoms with Crippen molar-refractivity contribution < 1.29 is 8.42 Å². The molecule has 1 fully saturated rings. The highest BCUT2D eigenvalue weighted by molar-refractivity contribution is 7.90. The molecular weight excluding hydrogens is 364 g/mol. The second-order valence-corrected chi connectivity index (χ2v) is 8.80. The SMILES string of the molecule is Cc1ncn(CC2CCN(C3=NS(=O)(=O)c4ccccc43)CC2)c(=O)c1C. The van der Waals surface area contributed by atoms with E-state index in [-0.39, 0.29) is 10.5 Å². The summed E-state index contributed by atoms with van der Waals surface area (Å²) in [4.78, 5) is 19.0. The quantitative estimate of drug-likeness (QED) is 0.785. The van der Waals surface area contributed by atoms with Gasteiger partial charge in [0.05, 0.1) is 6.33 Å². The Hall–Kier alpha value is -2.48.